The Morgan fingerprint density at radius 1 is 1.17 bits per heavy atom. The van der Waals surface area contributed by atoms with Crippen LogP contribution in [0.4, 0.5) is 5.69 Å². The van der Waals surface area contributed by atoms with Crippen LogP contribution in [0.3, 0.4) is 0 Å². The zero-order valence-corrected chi connectivity index (χ0v) is 12.7. The van der Waals surface area contributed by atoms with Crippen LogP contribution in [0.2, 0.25) is 0 Å². The Morgan fingerprint density at radius 3 is 2.06 bits per heavy atom. The molecule has 0 aromatic heterocycles. The van der Waals surface area contributed by atoms with Gasteiger partial charge in [0.1, 0.15) is 0 Å². The first kappa shape index (κ1) is 14.9. The largest absolute Gasteiger partial charge is 0.326 e. The third-order valence-corrected chi connectivity index (χ3v) is 2.89. The molecule has 3 nitrogen and oxygen atoms in total. The highest BCUT2D eigenvalue weighted by Gasteiger charge is 2.21. The second-order valence-corrected chi connectivity index (χ2v) is 6.64. The molecule has 0 fully saturated rings. The van der Waals surface area contributed by atoms with Gasteiger partial charge in [-0.1, -0.05) is 36.7 Å². The molecule has 18 heavy (non-hydrogen) atoms. The number of rotatable bonds is 3. The van der Waals surface area contributed by atoms with Gasteiger partial charge in [-0.25, -0.2) is 0 Å². The predicted octanol–water partition coefficient (Wildman–Crippen LogP) is 3.64. The lowest BCUT2D eigenvalue weighted by atomic mass is 9.95. The van der Waals surface area contributed by atoms with Crippen LogP contribution < -0.4 is 5.32 Å². The van der Waals surface area contributed by atoms with Crippen molar-refractivity contribution in [2.75, 3.05) is 5.32 Å². The summed E-state index contributed by atoms with van der Waals surface area (Å²) in [6.07, 6.45) is 0. The highest BCUT2D eigenvalue weighted by Crippen LogP contribution is 2.18. The summed E-state index contributed by atoms with van der Waals surface area (Å²) in [7, 11) is 0. The van der Waals surface area contributed by atoms with Crippen LogP contribution >= 0.6 is 15.9 Å². The molecule has 0 saturated heterocycles. The van der Waals surface area contributed by atoms with Gasteiger partial charge >= 0.3 is 0 Å². The minimum absolute atomic E-state index is 0.0312. The van der Waals surface area contributed by atoms with Gasteiger partial charge in [0.25, 0.3) is 0 Å². The topological polar surface area (TPSA) is 46.2 Å². The SMILES string of the molecule is CC(Br)C(=O)c1ccc(NC(=O)C(C)(C)C)cc1. The van der Waals surface area contributed by atoms with Crippen molar-refractivity contribution in [1.29, 1.82) is 0 Å². The maximum absolute atomic E-state index is 11.8. The Morgan fingerprint density at radius 2 is 1.67 bits per heavy atom. The lowest BCUT2D eigenvalue weighted by Gasteiger charge is -2.17. The van der Waals surface area contributed by atoms with E-state index >= 15 is 0 Å². The fraction of sp³-hybridized carbons (Fsp3) is 0.429. The third-order valence-electron chi connectivity index (χ3n) is 2.47. The number of carbonyl (C=O) groups excluding carboxylic acids is 2. The normalized spacial score (nSPS) is 12.9. The Balaban J connectivity index is 2.78. The molecule has 98 valence electrons. The number of alkyl halides is 1. The summed E-state index contributed by atoms with van der Waals surface area (Å²) in [5, 5.41) is 2.82. The molecule has 1 aromatic rings. The van der Waals surface area contributed by atoms with Crippen LogP contribution in [0, 0.1) is 5.41 Å². The number of Topliss-reactive ketones (excluding diaryl/α,β-unsaturated/α-hetero) is 1. The zero-order chi connectivity index (χ0) is 13.9. The van der Waals surface area contributed by atoms with Gasteiger partial charge in [0.15, 0.2) is 5.78 Å². The fourth-order valence-electron chi connectivity index (χ4n) is 1.27. The molecule has 0 saturated carbocycles. The average molecular weight is 312 g/mol. The molecule has 0 aliphatic heterocycles. The van der Waals surface area contributed by atoms with Gasteiger partial charge in [-0.05, 0) is 31.2 Å². The molecular weight excluding hydrogens is 294 g/mol. The molecule has 1 rings (SSSR count). The summed E-state index contributed by atoms with van der Waals surface area (Å²) >= 11 is 3.24. The Hall–Kier alpha value is -1.16. The molecule has 0 bridgehead atoms. The molecule has 0 spiro atoms. The van der Waals surface area contributed by atoms with Crippen LogP contribution in [0.15, 0.2) is 24.3 Å². The Kier molecular flexibility index (Phi) is 4.68. The van der Waals surface area contributed by atoms with Crippen molar-refractivity contribution in [3.63, 3.8) is 0 Å². The number of nitrogens with one attached hydrogen (secondary N) is 1. The molecule has 0 radical (unpaired) electrons. The van der Waals surface area contributed by atoms with Crippen molar-refractivity contribution in [2.45, 2.75) is 32.5 Å². The molecule has 1 amide bonds. The molecule has 1 aromatic carbocycles. The molecule has 1 atom stereocenters. The first-order valence-corrected chi connectivity index (χ1v) is 6.73. The summed E-state index contributed by atoms with van der Waals surface area (Å²) in [6.45, 7) is 7.35. The van der Waals surface area contributed by atoms with Crippen molar-refractivity contribution < 1.29 is 9.59 Å². The third kappa shape index (κ3) is 3.95. The van der Waals surface area contributed by atoms with E-state index in [1.54, 1.807) is 31.2 Å². The first-order valence-electron chi connectivity index (χ1n) is 5.81. The highest BCUT2D eigenvalue weighted by atomic mass is 79.9. The summed E-state index contributed by atoms with van der Waals surface area (Å²) in [5.74, 6) is -0.0147. The van der Waals surface area contributed by atoms with E-state index in [0.29, 0.717) is 11.3 Å². The molecule has 1 unspecified atom stereocenters. The summed E-state index contributed by atoms with van der Waals surface area (Å²) in [6, 6.07) is 6.93. The molecule has 4 heteroatoms. The second kappa shape index (κ2) is 5.65. The maximum Gasteiger partial charge on any atom is 0.229 e. The molecule has 1 N–H and O–H groups in total. The van der Waals surface area contributed by atoms with Crippen molar-refractivity contribution in [2.24, 2.45) is 5.41 Å². The predicted molar refractivity (Wildman–Crippen MR) is 77.2 cm³/mol. The van der Waals surface area contributed by atoms with E-state index in [-0.39, 0.29) is 16.5 Å². The van der Waals surface area contributed by atoms with E-state index in [2.05, 4.69) is 21.2 Å². The van der Waals surface area contributed by atoms with Gasteiger partial charge in [0.2, 0.25) is 5.91 Å². The number of hydrogen-bond donors (Lipinski definition) is 1. The van der Waals surface area contributed by atoms with Gasteiger partial charge in [0.05, 0.1) is 4.83 Å². The smallest absolute Gasteiger partial charge is 0.229 e. The van der Waals surface area contributed by atoms with Crippen LogP contribution in [0.5, 0.6) is 0 Å². The van der Waals surface area contributed by atoms with E-state index in [4.69, 9.17) is 0 Å². The number of halogens is 1. The number of amides is 1. The van der Waals surface area contributed by atoms with E-state index in [9.17, 15) is 9.59 Å². The van der Waals surface area contributed by atoms with Gasteiger partial charge in [-0.3, -0.25) is 9.59 Å². The summed E-state index contributed by atoms with van der Waals surface area (Å²) in [4.78, 5) is 23.3. The van der Waals surface area contributed by atoms with Crippen molar-refractivity contribution in [3.8, 4) is 0 Å². The number of benzene rings is 1. The van der Waals surface area contributed by atoms with Gasteiger partial charge < -0.3 is 5.32 Å². The number of hydrogen-bond acceptors (Lipinski definition) is 2. The van der Waals surface area contributed by atoms with Gasteiger partial charge in [-0.2, -0.15) is 0 Å². The summed E-state index contributed by atoms with van der Waals surface area (Å²) in [5.41, 5.74) is 0.903. The quantitative estimate of drug-likeness (QED) is 0.684. The summed E-state index contributed by atoms with van der Waals surface area (Å²) < 4.78 is 0. The lowest BCUT2D eigenvalue weighted by molar-refractivity contribution is -0.123. The van der Waals surface area contributed by atoms with E-state index in [1.807, 2.05) is 20.8 Å². The number of ketones is 1. The van der Waals surface area contributed by atoms with Crippen LogP contribution in [0.1, 0.15) is 38.1 Å². The highest BCUT2D eigenvalue weighted by molar-refractivity contribution is 9.10. The molecule has 0 aliphatic rings. The van der Waals surface area contributed by atoms with Crippen LogP contribution in [-0.2, 0) is 4.79 Å². The molecule has 0 heterocycles. The van der Waals surface area contributed by atoms with Crippen LogP contribution in [0.25, 0.3) is 0 Å². The molecule has 0 aliphatic carbocycles. The lowest BCUT2D eigenvalue weighted by Crippen LogP contribution is -2.27. The van der Waals surface area contributed by atoms with Crippen molar-refractivity contribution >= 4 is 33.3 Å². The van der Waals surface area contributed by atoms with Crippen molar-refractivity contribution in [1.82, 2.24) is 0 Å². The standard InChI is InChI=1S/C14H18BrNO2/c1-9(15)12(17)10-5-7-11(8-6-10)16-13(18)14(2,3)4/h5-9H,1-4H3,(H,16,18). The van der Waals surface area contributed by atoms with E-state index < -0.39 is 5.41 Å². The zero-order valence-electron chi connectivity index (χ0n) is 11.1. The number of anilines is 1. The fourth-order valence-corrected chi connectivity index (χ4v) is 1.53. The first-order chi connectivity index (χ1) is 8.21. The maximum atomic E-state index is 11.8. The van der Waals surface area contributed by atoms with E-state index in [0.717, 1.165) is 0 Å². The minimum Gasteiger partial charge on any atom is -0.326 e. The second-order valence-electron chi connectivity index (χ2n) is 5.26. The average Bonchev–Trinajstić information content (AvgIpc) is 2.27. The van der Waals surface area contributed by atoms with Crippen LogP contribution in [-0.4, -0.2) is 16.5 Å². The van der Waals surface area contributed by atoms with Gasteiger partial charge in [-0.15, -0.1) is 0 Å². The monoisotopic (exact) mass is 311 g/mol. The molecular formula is C14H18BrNO2. The van der Waals surface area contributed by atoms with Gasteiger partial charge in [0, 0.05) is 16.7 Å². The Labute approximate surface area is 116 Å². The van der Waals surface area contributed by atoms with E-state index in [1.165, 1.54) is 0 Å². The number of carbonyl (C=O) groups is 2. The minimum atomic E-state index is -0.432. The Bertz CT molecular complexity index is 444. The van der Waals surface area contributed by atoms with Crippen molar-refractivity contribution in [3.05, 3.63) is 29.8 Å².